The highest BCUT2D eigenvalue weighted by molar-refractivity contribution is 9.10. The molecule has 0 bridgehead atoms. The van der Waals surface area contributed by atoms with E-state index in [4.69, 9.17) is 0 Å². The molecular formula is C21H19BrN4O4. The average molecular weight is 471 g/mol. The average Bonchev–Trinajstić information content (AvgIpc) is 3.04. The van der Waals surface area contributed by atoms with Crippen molar-refractivity contribution in [2.45, 2.75) is 32.0 Å². The molecule has 1 fully saturated rings. The lowest BCUT2D eigenvalue weighted by atomic mass is 10.0. The number of amides is 5. The minimum atomic E-state index is -0.638. The SMILES string of the molecule is O=C1CCC(N2Cc3cc(CNC(=O)Nc4ccc(Br)cc4)ccc3C2=O)C(=O)N1. The van der Waals surface area contributed by atoms with E-state index in [0.29, 0.717) is 30.8 Å². The Morgan fingerprint density at radius 1 is 1.13 bits per heavy atom. The fourth-order valence-corrected chi connectivity index (χ4v) is 3.89. The first-order chi connectivity index (χ1) is 14.4. The number of hydrogen-bond donors (Lipinski definition) is 3. The lowest BCUT2D eigenvalue weighted by molar-refractivity contribution is -0.136. The molecule has 1 saturated heterocycles. The molecule has 30 heavy (non-hydrogen) atoms. The number of nitrogens with zero attached hydrogens (tertiary/aromatic N) is 1. The number of benzene rings is 2. The lowest BCUT2D eigenvalue weighted by Gasteiger charge is -2.29. The normalized spacial score (nSPS) is 18.1. The highest BCUT2D eigenvalue weighted by Crippen LogP contribution is 2.28. The van der Waals surface area contributed by atoms with Crippen LogP contribution in [0.1, 0.15) is 34.3 Å². The molecular weight excluding hydrogens is 452 g/mol. The monoisotopic (exact) mass is 470 g/mol. The van der Waals surface area contributed by atoms with E-state index in [2.05, 4.69) is 31.9 Å². The molecule has 1 unspecified atom stereocenters. The van der Waals surface area contributed by atoms with E-state index in [1.54, 1.807) is 24.3 Å². The van der Waals surface area contributed by atoms with E-state index in [-0.39, 0.29) is 24.3 Å². The topological polar surface area (TPSA) is 108 Å². The second-order valence-electron chi connectivity index (χ2n) is 7.21. The zero-order valence-corrected chi connectivity index (χ0v) is 17.5. The number of carbonyl (C=O) groups excluding carboxylic acids is 4. The molecule has 8 nitrogen and oxygen atoms in total. The molecule has 2 aromatic carbocycles. The summed E-state index contributed by atoms with van der Waals surface area (Å²) in [7, 11) is 0. The van der Waals surface area contributed by atoms with Crippen LogP contribution in [0.4, 0.5) is 10.5 Å². The van der Waals surface area contributed by atoms with Crippen LogP contribution in [-0.4, -0.2) is 34.7 Å². The third-order valence-corrected chi connectivity index (χ3v) is 5.67. The highest BCUT2D eigenvalue weighted by atomic mass is 79.9. The summed E-state index contributed by atoms with van der Waals surface area (Å²) in [4.78, 5) is 49.8. The summed E-state index contributed by atoms with van der Waals surface area (Å²) in [5.74, 6) is -0.957. The van der Waals surface area contributed by atoms with Gasteiger partial charge in [0.05, 0.1) is 0 Å². The summed E-state index contributed by atoms with van der Waals surface area (Å²) in [6, 6.07) is 11.6. The molecule has 2 aromatic rings. The van der Waals surface area contributed by atoms with Gasteiger partial charge in [-0.05, 0) is 47.9 Å². The van der Waals surface area contributed by atoms with Crippen molar-refractivity contribution in [1.29, 1.82) is 0 Å². The Hall–Kier alpha value is -3.20. The number of hydrogen-bond acceptors (Lipinski definition) is 4. The van der Waals surface area contributed by atoms with Crippen molar-refractivity contribution < 1.29 is 19.2 Å². The van der Waals surface area contributed by atoms with Gasteiger partial charge < -0.3 is 15.5 Å². The predicted molar refractivity (Wildman–Crippen MR) is 112 cm³/mol. The Balaban J connectivity index is 1.38. The summed E-state index contributed by atoms with van der Waals surface area (Å²) in [6.45, 7) is 0.599. The molecule has 0 spiro atoms. The number of piperidine rings is 1. The molecule has 0 aliphatic carbocycles. The molecule has 2 aliphatic heterocycles. The predicted octanol–water partition coefficient (Wildman–Crippen LogP) is 2.53. The molecule has 4 rings (SSSR count). The second kappa shape index (κ2) is 8.27. The molecule has 2 aliphatic rings. The van der Waals surface area contributed by atoms with Crippen LogP contribution in [0.25, 0.3) is 0 Å². The van der Waals surface area contributed by atoms with Crippen molar-refractivity contribution in [3.05, 3.63) is 63.6 Å². The third-order valence-electron chi connectivity index (χ3n) is 5.14. The molecule has 0 radical (unpaired) electrons. The molecule has 0 saturated carbocycles. The maximum absolute atomic E-state index is 12.7. The van der Waals surface area contributed by atoms with Crippen molar-refractivity contribution >= 4 is 45.4 Å². The molecule has 1 atom stereocenters. The van der Waals surface area contributed by atoms with E-state index in [0.717, 1.165) is 15.6 Å². The van der Waals surface area contributed by atoms with E-state index < -0.39 is 11.9 Å². The van der Waals surface area contributed by atoms with E-state index in [1.807, 2.05) is 18.2 Å². The van der Waals surface area contributed by atoms with Crippen molar-refractivity contribution in [2.24, 2.45) is 0 Å². The fourth-order valence-electron chi connectivity index (χ4n) is 3.63. The van der Waals surface area contributed by atoms with Crippen LogP contribution in [0.3, 0.4) is 0 Å². The van der Waals surface area contributed by atoms with Gasteiger partial charge in [-0.2, -0.15) is 0 Å². The number of rotatable bonds is 4. The van der Waals surface area contributed by atoms with Crippen molar-refractivity contribution in [1.82, 2.24) is 15.5 Å². The van der Waals surface area contributed by atoms with Crippen LogP contribution in [0.15, 0.2) is 46.9 Å². The van der Waals surface area contributed by atoms with Gasteiger partial charge in [0, 0.05) is 35.2 Å². The van der Waals surface area contributed by atoms with Crippen LogP contribution in [-0.2, 0) is 22.7 Å². The minimum Gasteiger partial charge on any atom is -0.334 e. The summed E-state index contributed by atoms with van der Waals surface area (Å²) in [6.07, 6.45) is 0.550. The first-order valence-corrected chi connectivity index (χ1v) is 10.3. The van der Waals surface area contributed by atoms with Crippen LogP contribution in [0, 0.1) is 0 Å². The van der Waals surface area contributed by atoms with Gasteiger partial charge in [0.15, 0.2) is 0 Å². The highest BCUT2D eigenvalue weighted by Gasteiger charge is 2.39. The van der Waals surface area contributed by atoms with Crippen molar-refractivity contribution in [2.75, 3.05) is 5.32 Å². The smallest absolute Gasteiger partial charge is 0.319 e. The molecule has 5 amide bonds. The Labute approximate surface area is 181 Å². The number of imide groups is 1. The number of nitrogens with one attached hydrogen (secondary N) is 3. The molecule has 3 N–H and O–H groups in total. The minimum absolute atomic E-state index is 0.216. The summed E-state index contributed by atoms with van der Waals surface area (Å²) < 4.78 is 0.924. The first kappa shape index (κ1) is 20.1. The quantitative estimate of drug-likeness (QED) is 0.596. The van der Waals surface area contributed by atoms with Crippen molar-refractivity contribution in [3.63, 3.8) is 0 Å². The Morgan fingerprint density at radius 2 is 1.90 bits per heavy atom. The number of anilines is 1. The van der Waals surface area contributed by atoms with Gasteiger partial charge in [-0.15, -0.1) is 0 Å². The number of halogens is 1. The van der Waals surface area contributed by atoms with Gasteiger partial charge in [-0.1, -0.05) is 28.1 Å². The zero-order valence-electron chi connectivity index (χ0n) is 15.9. The van der Waals surface area contributed by atoms with Crippen molar-refractivity contribution in [3.8, 4) is 0 Å². The summed E-state index contributed by atoms with van der Waals surface area (Å²) in [5, 5.41) is 7.83. The molecule has 9 heteroatoms. The van der Waals surface area contributed by atoms with Crippen LogP contribution < -0.4 is 16.0 Å². The zero-order chi connectivity index (χ0) is 21.3. The number of fused-ring (bicyclic) bond motifs is 1. The van der Waals surface area contributed by atoms with E-state index >= 15 is 0 Å². The van der Waals surface area contributed by atoms with Crippen LogP contribution >= 0.6 is 15.9 Å². The fraction of sp³-hybridized carbons (Fsp3) is 0.238. The molecule has 0 aromatic heterocycles. The summed E-state index contributed by atoms with van der Waals surface area (Å²) in [5.41, 5.74) is 2.87. The number of urea groups is 1. The Morgan fingerprint density at radius 3 is 2.63 bits per heavy atom. The van der Waals surface area contributed by atoms with Gasteiger partial charge >= 0.3 is 6.03 Å². The first-order valence-electron chi connectivity index (χ1n) is 9.47. The summed E-state index contributed by atoms with van der Waals surface area (Å²) >= 11 is 3.34. The Kier molecular flexibility index (Phi) is 5.54. The maximum atomic E-state index is 12.7. The maximum Gasteiger partial charge on any atom is 0.319 e. The van der Waals surface area contributed by atoms with E-state index in [9.17, 15) is 19.2 Å². The third kappa shape index (κ3) is 4.20. The van der Waals surface area contributed by atoms with Gasteiger partial charge in [0.1, 0.15) is 6.04 Å². The van der Waals surface area contributed by atoms with E-state index in [1.165, 1.54) is 4.90 Å². The molecule has 2 heterocycles. The second-order valence-corrected chi connectivity index (χ2v) is 8.12. The lowest BCUT2D eigenvalue weighted by Crippen LogP contribution is -2.52. The van der Waals surface area contributed by atoms with Gasteiger partial charge in [-0.25, -0.2) is 4.79 Å². The van der Waals surface area contributed by atoms with Crippen LogP contribution in [0.5, 0.6) is 0 Å². The standard InChI is InChI=1S/C21H19BrN4O4/c22-14-2-4-15(5-3-14)24-21(30)23-10-12-1-6-16-13(9-12)11-26(20(16)29)17-7-8-18(27)25-19(17)28/h1-6,9,17H,7-8,10-11H2,(H2,23,24,30)(H,25,27,28). The van der Waals surface area contributed by atoms with Gasteiger partial charge in [0.25, 0.3) is 5.91 Å². The molecule has 154 valence electrons. The van der Waals surface area contributed by atoms with Gasteiger partial charge in [0.2, 0.25) is 11.8 Å². The van der Waals surface area contributed by atoms with Crippen LogP contribution in [0.2, 0.25) is 0 Å². The van der Waals surface area contributed by atoms with Gasteiger partial charge in [-0.3, -0.25) is 19.7 Å². The largest absolute Gasteiger partial charge is 0.334 e. The Bertz CT molecular complexity index is 1040. The number of carbonyl (C=O) groups is 4.